The number of hydrogen-bond donors (Lipinski definition) is 2. The average Bonchev–Trinajstić information content (AvgIpc) is 3.20. The minimum atomic E-state index is -4.72. The van der Waals surface area contributed by atoms with Crippen LogP contribution in [0, 0.1) is 11.3 Å². The molecular formula is C16H11F3N2O3. The van der Waals surface area contributed by atoms with Crippen LogP contribution in [0.15, 0.2) is 18.2 Å². The topological polar surface area (TPSA) is 78.4 Å². The Morgan fingerprint density at radius 2 is 1.71 bits per heavy atom. The normalized spacial score (nSPS) is 21.8. The summed E-state index contributed by atoms with van der Waals surface area (Å²) in [6.07, 6.45) is -4.04. The zero-order valence-electron chi connectivity index (χ0n) is 12.1. The summed E-state index contributed by atoms with van der Waals surface area (Å²) in [7, 11) is 0. The highest BCUT2D eigenvalue weighted by atomic mass is 19.4. The summed E-state index contributed by atoms with van der Waals surface area (Å²) >= 11 is 0. The largest absolute Gasteiger partial charge is 0.494 e. The van der Waals surface area contributed by atoms with E-state index in [2.05, 4.69) is 0 Å². The highest BCUT2D eigenvalue weighted by Crippen LogP contribution is 2.58. The first-order valence-electron chi connectivity index (χ1n) is 7.26. The fourth-order valence-electron chi connectivity index (χ4n) is 3.53. The fraction of sp³-hybridized carbons (Fsp3) is 0.312. The van der Waals surface area contributed by atoms with Gasteiger partial charge in [-0.05, 0) is 31.0 Å². The van der Waals surface area contributed by atoms with Gasteiger partial charge in [0.15, 0.2) is 0 Å². The molecule has 0 amide bonds. The maximum absolute atomic E-state index is 13.1. The van der Waals surface area contributed by atoms with E-state index in [9.17, 15) is 23.4 Å². The Bertz CT molecular complexity index is 862. The van der Waals surface area contributed by atoms with Crippen molar-refractivity contribution in [1.82, 2.24) is 4.57 Å². The first kappa shape index (κ1) is 14.9. The molecule has 0 radical (unpaired) electrons. The predicted molar refractivity (Wildman–Crippen MR) is 74.6 cm³/mol. The van der Waals surface area contributed by atoms with Gasteiger partial charge in [0.05, 0.1) is 46.2 Å². The summed E-state index contributed by atoms with van der Waals surface area (Å²) in [6.45, 7) is 0. The number of benzene rings is 1. The molecular weight excluding hydrogens is 325 g/mol. The number of ether oxygens (including phenoxy) is 1. The lowest BCUT2D eigenvalue weighted by atomic mass is 9.95. The van der Waals surface area contributed by atoms with Crippen LogP contribution >= 0.6 is 0 Å². The number of aromatic nitrogens is 1. The Morgan fingerprint density at radius 1 is 1.12 bits per heavy atom. The number of aromatic hydroxyl groups is 2. The number of hydrogen-bond acceptors (Lipinski definition) is 4. The van der Waals surface area contributed by atoms with Crippen molar-refractivity contribution in [3.05, 3.63) is 40.5 Å². The maximum atomic E-state index is 13.1. The van der Waals surface area contributed by atoms with Gasteiger partial charge in [-0.15, -0.1) is 0 Å². The Hall–Kier alpha value is -2.66. The quantitative estimate of drug-likeness (QED) is 0.832. The summed E-state index contributed by atoms with van der Waals surface area (Å²) in [5, 5.41) is 29.7. The van der Waals surface area contributed by atoms with Crippen LogP contribution in [-0.4, -0.2) is 14.8 Å². The fourth-order valence-corrected chi connectivity index (χ4v) is 3.53. The van der Waals surface area contributed by atoms with Crippen LogP contribution in [0.5, 0.6) is 11.8 Å². The van der Waals surface area contributed by atoms with Crippen LogP contribution in [0.3, 0.4) is 0 Å². The highest BCUT2D eigenvalue weighted by Gasteiger charge is 2.45. The molecule has 5 nitrogen and oxygen atoms in total. The second kappa shape index (κ2) is 4.68. The van der Waals surface area contributed by atoms with Crippen molar-refractivity contribution in [3.63, 3.8) is 0 Å². The van der Waals surface area contributed by atoms with Crippen LogP contribution in [0.2, 0.25) is 0 Å². The molecule has 2 N–H and O–H groups in total. The first-order valence-corrected chi connectivity index (χ1v) is 7.26. The first-order chi connectivity index (χ1) is 11.3. The Kier molecular flexibility index (Phi) is 2.90. The highest BCUT2D eigenvalue weighted by molar-refractivity contribution is 5.58. The van der Waals surface area contributed by atoms with Gasteiger partial charge in [-0.25, -0.2) is 0 Å². The molecule has 24 heavy (non-hydrogen) atoms. The summed E-state index contributed by atoms with van der Waals surface area (Å²) < 4.78 is 45.9. The molecule has 2 bridgehead atoms. The SMILES string of the molecule is N#Cc1ccc(-n2c(O)c3c(c2O)[C@H]2CC[C@@H]3O2)cc1C(F)(F)F. The second-order valence-electron chi connectivity index (χ2n) is 5.84. The molecule has 0 spiro atoms. The van der Waals surface area contributed by atoms with Crippen molar-refractivity contribution in [2.24, 2.45) is 0 Å². The lowest BCUT2D eigenvalue weighted by Crippen LogP contribution is -2.09. The maximum Gasteiger partial charge on any atom is 0.417 e. The van der Waals surface area contributed by atoms with E-state index >= 15 is 0 Å². The molecule has 0 aliphatic carbocycles. The van der Waals surface area contributed by atoms with E-state index < -0.39 is 17.3 Å². The van der Waals surface area contributed by atoms with Gasteiger partial charge in [-0.1, -0.05) is 0 Å². The summed E-state index contributed by atoms with van der Waals surface area (Å²) in [5.74, 6) is -0.653. The van der Waals surface area contributed by atoms with Gasteiger partial charge in [0, 0.05) is 0 Å². The predicted octanol–water partition coefficient (Wildman–Crippen LogP) is 3.69. The van der Waals surface area contributed by atoms with Crippen LogP contribution < -0.4 is 0 Å². The van der Waals surface area contributed by atoms with Crippen molar-refractivity contribution in [2.75, 3.05) is 0 Å². The van der Waals surface area contributed by atoms with E-state index in [0.717, 1.165) is 16.7 Å². The van der Waals surface area contributed by atoms with E-state index in [1.165, 1.54) is 12.1 Å². The minimum Gasteiger partial charge on any atom is -0.494 e. The molecule has 4 rings (SSSR count). The molecule has 2 aliphatic rings. The number of halogens is 3. The van der Waals surface area contributed by atoms with Crippen molar-refractivity contribution in [2.45, 2.75) is 31.2 Å². The number of alkyl halides is 3. The summed E-state index contributed by atoms with van der Waals surface area (Å²) in [6, 6.07) is 4.52. The number of rotatable bonds is 1. The Morgan fingerprint density at radius 3 is 2.21 bits per heavy atom. The third kappa shape index (κ3) is 1.85. The second-order valence-corrected chi connectivity index (χ2v) is 5.84. The van der Waals surface area contributed by atoms with Gasteiger partial charge >= 0.3 is 6.18 Å². The van der Waals surface area contributed by atoms with Gasteiger partial charge in [-0.3, -0.25) is 4.57 Å². The summed E-state index contributed by atoms with van der Waals surface area (Å²) in [5.41, 5.74) is -0.837. The number of nitrogens with zero attached hydrogens (tertiary/aromatic N) is 2. The van der Waals surface area contributed by atoms with E-state index in [0.29, 0.717) is 24.0 Å². The Balaban J connectivity index is 1.92. The lowest BCUT2D eigenvalue weighted by Gasteiger charge is -2.14. The van der Waals surface area contributed by atoms with Gasteiger partial charge < -0.3 is 14.9 Å². The lowest BCUT2D eigenvalue weighted by molar-refractivity contribution is -0.137. The average molecular weight is 336 g/mol. The zero-order chi connectivity index (χ0) is 17.2. The zero-order valence-corrected chi connectivity index (χ0v) is 12.1. The molecule has 1 fully saturated rings. The molecule has 2 atom stereocenters. The molecule has 1 aromatic heterocycles. The van der Waals surface area contributed by atoms with Crippen molar-refractivity contribution < 1.29 is 28.1 Å². The molecule has 0 saturated carbocycles. The van der Waals surface area contributed by atoms with Crippen LogP contribution in [0.4, 0.5) is 13.2 Å². The third-order valence-electron chi connectivity index (χ3n) is 4.55. The third-order valence-corrected chi connectivity index (χ3v) is 4.55. The van der Waals surface area contributed by atoms with Crippen molar-refractivity contribution in [1.29, 1.82) is 5.26 Å². The monoisotopic (exact) mass is 336 g/mol. The molecule has 1 aromatic carbocycles. The van der Waals surface area contributed by atoms with Crippen LogP contribution in [-0.2, 0) is 10.9 Å². The van der Waals surface area contributed by atoms with Gasteiger partial charge in [-0.2, -0.15) is 18.4 Å². The number of fused-ring (bicyclic) bond motifs is 5. The van der Waals surface area contributed by atoms with Gasteiger partial charge in [0.25, 0.3) is 0 Å². The molecule has 0 unspecified atom stereocenters. The Labute approximate surface area is 134 Å². The van der Waals surface area contributed by atoms with Crippen LogP contribution in [0.25, 0.3) is 5.69 Å². The smallest absolute Gasteiger partial charge is 0.417 e. The minimum absolute atomic E-state index is 0.0647. The van der Waals surface area contributed by atoms with Crippen molar-refractivity contribution in [3.8, 4) is 23.5 Å². The van der Waals surface area contributed by atoms with E-state index in [1.807, 2.05) is 0 Å². The molecule has 2 aromatic rings. The van der Waals surface area contributed by atoms with Gasteiger partial charge in [0.2, 0.25) is 11.8 Å². The molecule has 2 aliphatic heterocycles. The summed E-state index contributed by atoms with van der Waals surface area (Å²) in [4.78, 5) is 0. The van der Waals surface area contributed by atoms with E-state index in [4.69, 9.17) is 10.00 Å². The van der Waals surface area contributed by atoms with Crippen molar-refractivity contribution >= 4 is 0 Å². The van der Waals surface area contributed by atoms with E-state index in [1.54, 1.807) is 0 Å². The molecule has 1 saturated heterocycles. The van der Waals surface area contributed by atoms with Gasteiger partial charge in [0.1, 0.15) is 0 Å². The molecule has 8 heteroatoms. The molecule has 124 valence electrons. The standard InChI is InChI=1S/C16H11F3N2O3/c17-16(18,19)9-5-8(2-1-7(9)6-20)21-14(22)12-10-3-4-11(24-10)13(12)15(21)23/h1-2,5,10-11,22-23H,3-4H2/t10-,11+. The molecule has 3 heterocycles. The van der Waals surface area contributed by atoms with E-state index in [-0.39, 0.29) is 29.7 Å². The van der Waals surface area contributed by atoms with Crippen LogP contribution in [0.1, 0.15) is 47.3 Å². The number of nitriles is 1.